The molecule has 0 aliphatic carbocycles. The quantitative estimate of drug-likeness (QED) is 0.858. The van der Waals surface area contributed by atoms with E-state index in [2.05, 4.69) is 15.9 Å². The van der Waals surface area contributed by atoms with Crippen molar-refractivity contribution in [1.29, 1.82) is 0 Å². The zero-order valence-corrected chi connectivity index (χ0v) is 8.59. The van der Waals surface area contributed by atoms with Gasteiger partial charge in [-0.1, -0.05) is 6.07 Å². The molecule has 0 aliphatic rings. The van der Waals surface area contributed by atoms with E-state index in [-0.39, 0.29) is 18.5 Å². The predicted octanol–water partition coefficient (Wildman–Crippen LogP) is 1.97. The van der Waals surface area contributed by atoms with Crippen molar-refractivity contribution in [2.45, 2.75) is 12.5 Å². The summed E-state index contributed by atoms with van der Waals surface area (Å²) in [4.78, 5) is 0. The van der Waals surface area contributed by atoms with Gasteiger partial charge in [0.05, 0.1) is 4.47 Å². The summed E-state index contributed by atoms with van der Waals surface area (Å²) >= 11 is 3.05. The minimum Gasteiger partial charge on any atom is -0.396 e. The molecule has 0 heterocycles. The second kappa shape index (κ2) is 4.69. The molecule has 3 N–H and O–H groups in total. The van der Waals surface area contributed by atoms with E-state index < -0.39 is 0 Å². The van der Waals surface area contributed by atoms with E-state index in [1.807, 2.05) is 0 Å². The summed E-state index contributed by atoms with van der Waals surface area (Å²) in [6.07, 6.45) is 0.446. The lowest BCUT2D eigenvalue weighted by Crippen LogP contribution is -2.12. The number of aliphatic hydroxyl groups excluding tert-OH is 1. The number of rotatable bonds is 3. The van der Waals surface area contributed by atoms with Gasteiger partial charge < -0.3 is 10.8 Å². The standard InChI is InChI=1S/C9H11BrFNO/c10-7-2-1-6(5-8(7)11)9(12)3-4-13/h1-2,5,9,13H,3-4,12H2. The third-order valence-electron chi connectivity index (χ3n) is 1.81. The van der Waals surface area contributed by atoms with Gasteiger partial charge in [-0.2, -0.15) is 0 Å². The van der Waals surface area contributed by atoms with Crippen LogP contribution in [0.5, 0.6) is 0 Å². The highest BCUT2D eigenvalue weighted by Gasteiger charge is 2.07. The molecule has 1 atom stereocenters. The molecule has 0 aromatic heterocycles. The van der Waals surface area contributed by atoms with Crippen LogP contribution in [-0.4, -0.2) is 11.7 Å². The Morgan fingerprint density at radius 2 is 2.23 bits per heavy atom. The van der Waals surface area contributed by atoms with Gasteiger partial charge in [0.15, 0.2) is 0 Å². The van der Waals surface area contributed by atoms with E-state index in [9.17, 15) is 4.39 Å². The summed E-state index contributed by atoms with van der Waals surface area (Å²) in [6.45, 7) is 0.0127. The van der Waals surface area contributed by atoms with Crippen molar-refractivity contribution >= 4 is 15.9 Å². The fourth-order valence-electron chi connectivity index (χ4n) is 1.05. The van der Waals surface area contributed by atoms with Crippen molar-refractivity contribution < 1.29 is 9.50 Å². The van der Waals surface area contributed by atoms with Crippen LogP contribution < -0.4 is 5.73 Å². The first-order chi connectivity index (χ1) is 6.15. The molecule has 1 aromatic carbocycles. The molecule has 4 heteroatoms. The molecular formula is C9H11BrFNO. The Morgan fingerprint density at radius 1 is 1.54 bits per heavy atom. The maximum absolute atomic E-state index is 13.0. The Kier molecular flexibility index (Phi) is 3.84. The average Bonchev–Trinajstić information content (AvgIpc) is 2.10. The topological polar surface area (TPSA) is 46.2 Å². The SMILES string of the molecule is NC(CCO)c1ccc(Br)c(F)c1. The van der Waals surface area contributed by atoms with Crippen LogP contribution in [0, 0.1) is 5.82 Å². The highest BCUT2D eigenvalue weighted by molar-refractivity contribution is 9.10. The molecule has 0 bridgehead atoms. The van der Waals surface area contributed by atoms with Crippen LogP contribution in [0.4, 0.5) is 4.39 Å². The van der Waals surface area contributed by atoms with Crippen LogP contribution in [0.15, 0.2) is 22.7 Å². The Balaban J connectivity index is 2.84. The first kappa shape index (κ1) is 10.6. The molecule has 0 spiro atoms. The minimum atomic E-state index is -0.328. The molecule has 13 heavy (non-hydrogen) atoms. The van der Waals surface area contributed by atoms with Gasteiger partial charge in [0.1, 0.15) is 5.82 Å². The number of nitrogens with two attached hydrogens (primary N) is 1. The molecule has 0 saturated carbocycles. The van der Waals surface area contributed by atoms with E-state index in [0.29, 0.717) is 16.5 Å². The number of hydrogen-bond donors (Lipinski definition) is 2. The van der Waals surface area contributed by atoms with E-state index in [1.54, 1.807) is 12.1 Å². The van der Waals surface area contributed by atoms with Crippen molar-refractivity contribution in [3.05, 3.63) is 34.1 Å². The van der Waals surface area contributed by atoms with Crippen LogP contribution in [0.2, 0.25) is 0 Å². The van der Waals surface area contributed by atoms with Crippen LogP contribution in [0.3, 0.4) is 0 Å². The second-order valence-corrected chi connectivity index (χ2v) is 3.65. The van der Waals surface area contributed by atoms with Crippen molar-refractivity contribution in [3.63, 3.8) is 0 Å². The lowest BCUT2D eigenvalue weighted by Gasteiger charge is -2.10. The Labute approximate surface area is 84.7 Å². The number of aliphatic hydroxyl groups is 1. The maximum Gasteiger partial charge on any atom is 0.137 e. The van der Waals surface area contributed by atoms with Crippen molar-refractivity contribution in [2.75, 3.05) is 6.61 Å². The van der Waals surface area contributed by atoms with Gasteiger partial charge in [-0.05, 0) is 40.0 Å². The fourth-order valence-corrected chi connectivity index (χ4v) is 1.30. The van der Waals surface area contributed by atoms with Gasteiger partial charge >= 0.3 is 0 Å². The molecule has 2 nitrogen and oxygen atoms in total. The average molecular weight is 248 g/mol. The molecule has 1 aromatic rings. The largest absolute Gasteiger partial charge is 0.396 e. The molecule has 72 valence electrons. The molecule has 0 fully saturated rings. The zero-order valence-electron chi connectivity index (χ0n) is 7.00. The van der Waals surface area contributed by atoms with Crippen molar-refractivity contribution in [1.82, 2.24) is 0 Å². The fraction of sp³-hybridized carbons (Fsp3) is 0.333. The first-order valence-corrected chi connectivity index (χ1v) is 4.76. The second-order valence-electron chi connectivity index (χ2n) is 2.79. The van der Waals surface area contributed by atoms with Crippen molar-refractivity contribution in [2.24, 2.45) is 5.73 Å². The third-order valence-corrected chi connectivity index (χ3v) is 2.46. The van der Waals surface area contributed by atoms with Crippen LogP contribution in [-0.2, 0) is 0 Å². The lowest BCUT2D eigenvalue weighted by molar-refractivity contribution is 0.276. The Morgan fingerprint density at radius 3 is 2.77 bits per heavy atom. The molecule has 0 aliphatic heterocycles. The summed E-state index contributed by atoms with van der Waals surface area (Å²) in [6, 6.07) is 4.44. The lowest BCUT2D eigenvalue weighted by atomic mass is 10.1. The summed E-state index contributed by atoms with van der Waals surface area (Å²) in [7, 11) is 0. The maximum atomic E-state index is 13.0. The molecule has 1 rings (SSSR count). The molecule has 0 radical (unpaired) electrons. The van der Waals surface area contributed by atoms with Crippen LogP contribution in [0.25, 0.3) is 0 Å². The van der Waals surface area contributed by atoms with Gasteiger partial charge in [-0.15, -0.1) is 0 Å². The molecule has 0 amide bonds. The zero-order chi connectivity index (χ0) is 9.84. The Hall–Kier alpha value is -0.450. The molecular weight excluding hydrogens is 237 g/mol. The van der Waals surface area contributed by atoms with Gasteiger partial charge in [0.25, 0.3) is 0 Å². The van der Waals surface area contributed by atoms with E-state index in [1.165, 1.54) is 6.07 Å². The molecule has 0 saturated heterocycles. The van der Waals surface area contributed by atoms with Crippen LogP contribution in [0.1, 0.15) is 18.0 Å². The smallest absolute Gasteiger partial charge is 0.137 e. The van der Waals surface area contributed by atoms with Gasteiger partial charge in [0.2, 0.25) is 0 Å². The van der Waals surface area contributed by atoms with E-state index in [0.717, 1.165) is 0 Å². The number of benzene rings is 1. The summed E-state index contributed by atoms with van der Waals surface area (Å²) in [5, 5.41) is 8.64. The van der Waals surface area contributed by atoms with Gasteiger partial charge in [0, 0.05) is 12.6 Å². The van der Waals surface area contributed by atoms with Gasteiger partial charge in [-0.3, -0.25) is 0 Å². The normalized spacial score (nSPS) is 12.9. The Bertz CT molecular complexity index is 293. The number of hydrogen-bond acceptors (Lipinski definition) is 2. The van der Waals surface area contributed by atoms with Crippen LogP contribution >= 0.6 is 15.9 Å². The van der Waals surface area contributed by atoms with E-state index >= 15 is 0 Å². The minimum absolute atomic E-state index is 0.0127. The van der Waals surface area contributed by atoms with Gasteiger partial charge in [-0.25, -0.2) is 4.39 Å². The summed E-state index contributed by atoms with van der Waals surface area (Å²) in [5.74, 6) is -0.328. The summed E-state index contributed by atoms with van der Waals surface area (Å²) in [5.41, 5.74) is 6.39. The number of halogens is 2. The highest BCUT2D eigenvalue weighted by atomic mass is 79.9. The monoisotopic (exact) mass is 247 g/mol. The third kappa shape index (κ3) is 2.76. The first-order valence-electron chi connectivity index (χ1n) is 3.96. The van der Waals surface area contributed by atoms with E-state index in [4.69, 9.17) is 10.8 Å². The highest BCUT2D eigenvalue weighted by Crippen LogP contribution is 2.20. The molecule has 1 unspecified atom stereocenters. The van der Waals surface area contributed by atoms with Crippen molar-refractivity contribution in [3.8, 4) is 0 Å². The summed E-state index contributed by atoms with van der Waals surface area (Å²) < 4.78 is 13.4. The predicted molar refractivity (Wildman–Crippen MR) is 52.7 cm³/mol.